The highest BCUT2D eigenvalue weighted by atomic mass is 16.4. The van der Waals surface area contributed by atoms with Gasteiger partial charge in [-0.25, -0.2) is 0 Å². The standard InChI is InChI=1S/C21H38N6O9/c22-3-4-23-17(28)2-1-16(21(35)36)27-11-9-25(14-19(31)32)7-5-24(13-18(29)30)6-8-26(10-12-27)15-20(33)34/h16H,1-15,22H2,(H,23,28)(H,29,30)(H,31,32)(H,33,34)(H,35,36). The zero-order chi connectivity index (χ0) is 27.1. The predicted octanol–water partition coefficient (Wildman–Crippen LogP) is -3.23. The van der Waals surface area contributed by atoms with Crippen LogP contribution in [0.1, 0.15) is 12.8 Å². The van der Waals surface area contributed by atoms with Gasteiger partial charge in [-0.1, -0.05) is 0 Å². The first-order chi connectivity index (χ1) is 17.0. The van der Waals surface area contributed by atoms with Gasteiger partial charge in [0.1, 0.15) is 6.04 Å². The van der Waals surface area contributed by atoms with E-state index in [1.807, 2.05) is 0 Å². The van der Waals surface area contributed by atoms with Crippen molar-refractivity contribution in [3.05, 3.63) is 0 Å². The summed E-state index contributed by atoms with van der Waals surface area (Å²) >= 11 is 0. The number of carbonyl (C=O) groups excluding carboxylic acids is 1. The van der Waals surface area contributed by atoms with E-state index in [9.17, 15) is 44.4 Å². The highest BCUT2D eigenvalue weighted by Gasteiger charge is 2.28. The third-order valence-corrected chi connectivity index (χ3v) is 5.79. The van der Waals surface area contributed by atoms with Crippen LogP contribution in [0.5, 0.6) is 0 Å². The van der Waals surface area contributed by atoms with Gasteiger partial charge in [0, 0.05) is 71.9 Å². The molecule has 1 saturated heterocycles. The zero-order valence-electron chi connectivity index (χ0n) is 20.4. The number of rotatable bonds is 13. The van der Waals surface area contributed by atoms with Crippen LogP contribution in [-0.4, -0.2) is 161 Å². The molecule has 0 spiro atoms. The number of hydrogen-bond acceptors (Lipinski definition) is 10. The number of aliphatic carboxylic acids is 4. The minimum absolute atomic E-state index is 0.00991. The van der Waals surface area contributed by atoms with Crippen LogP contribution in [0.25, 0.3) is 0 Å². The van der Waals surface area contributed by atoms with Gasteiger partial charge in [-0.15, -0.1) is 0 Å². The average molecular weight is 519 g/mol. The number of carboxylic acids is 4. The number of hydrogen-bond donors (Lipinski definition) is 6. The van der Waals surface area contributed by atoms with Gasteiger partial charge in [0.05, 0.1) is 19.6 Å². The third kappa shape index (κ3) is 13.3. The molecule has 1 rings (SSSR count). The summed E-state index contributed by atoms with van der Waals surface area (Å²) in [5.74, 6) is -4.67. The van der Waals surface area contributed by atoms with Gasteiger partial charge in [-0.05, 0) is 6.42 Å². The molecular formula is C21H38N6O9. The summed E-state index contributed by atoms with van der Waals surface area (Å²) in [6, 6.07) is -1.04. The fourth-order valence-electron chi connectivity index (χ4n) is 3.94. The molecule has 0 aromatic carbocycles. The Morgan fingerprint density at radius 3 is 1.42 bits per heavy atom. The van der Waals surface area contributed by atoms with Gasteiger partial charge < -0.3 is 31.5 Å². The monoisotopic (exact) mass is 518 g/mol. The molecule has 1 amide bonds. The molecule has 0 saturated carbocycles. The molecule has 0 radical (unpaired) electrons. The molecule has 36 heavy (non-hydrogen) atoms. The van der Waals surface area contributed by atoms with Crippen molar-refractivity contribution in [2.24, 2.45) is 5.73 Å². The van der Waals surface area contributed by atoms with E-state index in [2.05, 4.69) is 5.32 Å². The Kier molecular flexibility index (Phi) is 14.5. The molecule has 15 heteroatoms. The van der Waals surface area contributed by atoms with E-state index in [-0.39, 0.29) is 104 Å². The first kappa shape index (κ1) is 31.2. The lowest BCUT2D eigenvalue weighted by atomic mass is 10.1. The van der Waals surface area contributed by atoms with Crippen LogP contribution in [0.2, 0.25) is 0 Å². The van der Waals surface area contributed by atoms with Crippen LogP contribution >= 0.6 is 0 Å². The summed E-state index contributed by atoms with van der Waals surface area (Å²) in [5, 5.41) is 40.3. The Morgan fingerprint density at radius 1 is 0.694 bits per heavy atom. The highest BCUT2D eigenvalue weighted by Crippen LogP contribution is 2.10. The zero-order valence-corrected chi connectivity index (χ0v) is 20.4. The highest BCUT2D eigenvalue weighted by molar-refractivity contribution is 5.78. The molecule has 1 fully saturated rings. The van der Waals surface area contributed by atoms with Gasteiger partial charge >= 0.3 is 23.9 Å². The molecule has 0 aromatic heterocycles. The lowest BCUT2D eigenvalue weighted by Gasteiger charge is -2.35. The van der Waals surface area contributed by atoms with Crippen molar-refractivity contribution < 1.29 is 44.4 Å². The molecule has 1 heterocycles. The molecule has 1 aliphatic heterocycles. The molecule has 0 bridgehead atoms. The summed E-state index contributed by atoms with van der Waals surface area (Å²) in [6.07, 6.45) is -0.0364. The van der Waals surface area contributed by atoms with Crippen LogP contribution in [0, 0.1) is 0 Å². The minimum Gasteiger partial charge on any atom is -0.480 e. The number of carbonyl (C=O) groups is 5. The first-order valence-electron chi connectivity index (χ1n) is 11.8. The molecule has 1 unspecified atom stereocenters. The Hall–Kier alpha value is -2.85. The van der Waals surface area contributed by atoms with Crippen LogP contribution in [-0.2, 0) is 24.0 Å². The SMILES string of the molecule is NCCNC(=O)CCC(C(=O)O)N1CCN(CC(=O)O)CCN(CC(=O)O)CCN(CC(=O)O)CC1. The summed E-state index contributed by atoms with van der Waals surface area (Å²) in [6.45, 7) is 1.27. The Labute approximate surface area is 209 Å². The second-order valence-electron chi connectivity index (χ2n) is 8.58. The fourth-order valence-corrected chi connectivity index (χ4v) is 3.94. The number of amides is 1. The molecule has 15 nitrogen and oxygen atoms in total. The van der Waals surface area contributed by atoms with E-state index in [1.54, 1.807) is 19.6 Å². The van der Waals surface area contributed by atoms with E-state index in [0.717, 1.165) is 0 Å². The quantitative estimate of drug-likeness (QED) is 0.141. The lowest BCUT2D eigenvalue weighted by Crippen LogP contribution is -2.52. The maximum atomic E-state index is 12.1. The number of carboxylic acid groups (broad SMARTS) is 4. The van der Waals surface area contributed by atoms with Gasteiger partial charge in [-0.3, -0.25) is 43.6 Å². The first-order valence-corrected chi connectivity index (χ1v) is 11.8. The summed E-state index contributed by atoms with van der Waals surface area (Å²) in [4.78, 5) is 64.5. The average Bonchev–Trinajstić information content (AvgIpc) is 2.77. The van der Waals surface area contributed by atoms with Crippen molar-refractivity contribution in [2.45, 2.75) is 18.9 Å². The van der Waals surface area contributed by atoms with Crippen LogP contribution < -0.4 is 11.1 Å². The largest absolute Gasteiger partial charge is 0.480 e. The Bertz CT molecular complexity index is 721. The van der Waals surface area contributed by atoms with E-state index in [0.29, 0.717) is 0 Å². The minimum atomic E-state index is -1.14. The topological polar surface area (TPSA) is 217 Å². The molecule has 0 aromatic rings. The van der Waals surface area contributed by atoms with Crippen molar-refractivity contribution in [2.75, 3.05) is 85.1 Å². The predicted molar refractivity (Wildman–Crippen MR) is 127 cm³/mol. The number of nitrogens with zero attached hydrogens (tertiary/aromatic N) is 4. The Balaban J connectivity index is 3.08. The van der Waals surface area contributed by atoms with Crippen molar-refractivity contribution in [3.8, 4) is 0 Å². The number of nitrogens with one attached hydrogen (secondary N) is 1. The van der Waals surface area contributed by atoms with Gasteiger partial charge in [0.2, 0.25) is 5.91 Å². The molecule has 1 aliphatic rings. The summed E-state index contributed by atoms with van der Waals surface area (Å²) < 4.78 is 0. The lowest BCUT2D eigenvalue weighted by molar-refractivity contribution is -0.145. The molecule has 1 atom stereocenters. The molecule has 206 valence electrons. The Morgan fingerprint density at radius 2 is 1.08 bits per heavy atom. The van der Waals surface area contributed by atoms with Crippen molar-refractivity contribution in [3.63, 3.8) is 0 Å². The maximum Gasteiger partial charge on any atom is 0.320 e. The van der Waals surface area contributed by atoms with Crippen LogP contribution in [0.3, 0.4) is 0 Å². The smallest absolute Gasteiger partial charge is 0.320 e. The normalized spacial score (nSPS) is 18.5. The third-order valence-electron chi connectivity index (χ3n) is 5.79. The van der Waals surface area contributed by atoms with Gasteiger partial charge in [0.15, 0.2) is 0 Å². The van der Waals surface area contributed by atoms with E-state index >= 15 is 0 Å². The van der Waals surface area contributed by atoms with Crippen LogP contribution in [0.4, 0.5) is 0 Å². The molecule has 0 aliphatic carbocycles. The fraction of sp³-hybridized carbons (Fsp3) is 0.762. The van der Waals surface area contributed by atoms with E-state index in [1.165, 1.54) is 0 Å². The number of nitrogens with two attached hydrogens (primary N) is 1. The van der Waals surface area contributed by atoms with Crippen molar-refractivity contribution in [1.82, 2.24) is 24.9 Å². The second kappa shape index (κ2) is 16.8. The van der Waals surface area contributed by atoms with E-state index < -0.39 is 29.9 Å². The van der Waals surface area contributed by atoms with Gasteiger partial charge in [-0.2, -0.15) is 0 Å². The molecular weight excluding hydrogens is 480 g/mol. The van der Waals surface area contributed by atoms with Gasteiger partial charge in [0.25, 0.3) is 0 Å². The maximum absolute atomic E-state index is 12.1. The summed E-state index contributed by atoms with van der Waals surface area (Å²) in [7, 11) is 0. The van der Waals surface area contributed by atoms with Crippen LogP contribution in [0.15, 0.2) is 0 Å². The summed E-state index contributed by atoms with van der Waals surface area (Å²) in [5.41, 5.74) is 5.37. The van der Waals surface area contributed by atoms with E-state index in [4.69, 9.17) is 5.73 Å². The van der Waals surface area contributed by atoms with Crippen molar-refractivity contribution in [1.29, 1.82) is 0 Å². The second-order valence-corrected chi connectivity index (χ2v) is 8.58. The van der Waals surface area contributed by atoms with Crippen molar-refractivity contribution >= 4 is 29.8 Å². The molecule has 7 N–H and O–H groups in total.